The highest BCUT2D eigenvalue weighted by molar-refractivity contribution is 7.97. The Morgan fingerprint density at radius 3 is 2.67 bits per heavy atom. The van der Waals surface area contributed by atoms with Gasteiger partial charge in [0.25, 0.3) is 0 Å². The van der Waals surface area contributed by atoms with Gasteiger partial charge in [0.2, 0.25) is 5.12 Å². The molecule has 0 saturated carbocycles. The van der Waals surface area contributed by atoms with Gasteiger partial charge < -0.3 is 5.11 Å². The second-order valence-corrected chi connectivity index (χ2v) is 2.11. The maximum Gasteiger partial charge on any atom is 0.211 e. The fraction of sp³-hybridized carbons (Fsp3) is 0.500. The highest BCUT2D eigenvalue weighted by Crippen LogP contribution is 1.98. The predicted molar refractivity (Wildman–Crippen MR) is 39.5 cm³/mol. The molecule has 0 aliphatic carbocycles. The molecule has 0 aliphatic heterocycles. The number of aliphatic hydroxyl groups excluding tert-OH is 1. The van der Waals surface area contributed by atoms with E-state index in [9.17, 15) is 4.79 Å². The van der Waals surface area contributed by atoms with Crippen molar-refractivity contribution in [2.45, 2.75) is 13.3 Å². The third-order valence-corrected chi connectivity index (χ3v) is 1.27. The second kappa shape index (κ2) is 4.58. The zero-order valence-corrected chi connectivity index (χ0v) is 6.19. The number of carbonyl (C=O) groups is 1. The molecular formula is C6H10O2S. The summed E-state index contributed by atoms with van der Waals surface area (Å²) < 4.78 is 0. The standard InChI is InChI=1S/C6H10O2S/c1-5(6(8)9)3-2-4-7/h3,7H,2,4H2,1H3,(H,8,9). The fourth-order valence-corrected chi connectivity index (χ4v) is 0.460. The van der Waals surface area contributed by atoms with Crippen LogP contribution in [0.5, 0.6) is 0 Å². The lowest BCUT2D eigenvalue weighted by molar-refractivity contribution is -0.107. The molecule has 0 unspecified atom stereocenters. The van der Waals surface area contributed by atoms with Crippen molar-refractivity contribution in [1.82, 2.24) is 0 Å². The Bertz CT molecular complexity index is 129. The van der Waals surface area contributed by atoms with Gasteiger partial charge in [0.05, 0.1) is 0 Å². The van der Waals surface area contributed by atoms with Gasteiger partial charge in [0, 0.05) is 6.61 Å². The van der Waals surface area contributed by atoms with Gasteiger partial charge in [-0.3, -0.25) is 4.79 Å². The molecule has 0 bridgehead atoms. The SMILES string of the molecule is CC(=CCCO)C(=O)S. The first-order valence-corrected chi connectivity index (χ1v) is 3.14. The average Bonchev–Trinajstić information content (AvgIpc) is 1.82. The van der Waals surface area contributed by atoms with Crippen molar-refractivity contribution >= 4 is 17.7 Å². The van der Waals surface area contributed by atoms with Gasteiger partial charge in [-0.25, -0.2) is 0 Å². The lowest BCUT2D eigenvalue weighted by Gasteiger charge is -1.89. The Hall–Kier alpha value is -0.280. The number of aliphatic hydroxyl groups is 1. The fourth-order valence-electron chi connectivity index (χ4n) is 0.368. The molecule has 3 heteroatoms. The zero-order chi connectivity index (χ0) is 7.28. The summed E-state index contributed by atoms with van der Waals surface area (Å²) in [6.45, 7) is 1.75. The van der Waals surface area contributed by atoms with Crippen LogP contribution in [0, 0.1) is 0 Å². The van der Waals surface area contributed by atoms with Crippen molar-refractivity contribution in [1.29, 1.82) is 0 Å². The number of rotatable bonds is 3. The molecule has 0 atom stereocenters. The van der Waals surface area contributed by atoms with E-state index in [4.69, 9.17) is 5.11 Å². The first-order valence-electron chi connectivity index (χ1n) is 2.69. The van der Waals surface area contributed by atoms with E-state index in [1.54, 1.807) is 13.0 Å². The monoisotopic (exact) mass is 146 g/mol. The van der Waals surface area contributed by atoms with Crippen molar-refractivity contribution in [3.63, 3.8) is 0 Å². The highest BCUT2D eigenvalue weighted by Gasteiger charge is 1.93. The molecule has 0 aromatic carbocycles. The summed E-state index contributed by atoms with van der Waals surface area (Å²) >= 11 is 3.58. The van der Waals surface area contributed by atoms with Crippen LogP contribution in [0.4, 0.5) is 0 Å². The van der Waals surface area contributed by atoms with Crippen molar-refractivity contribution in [2.24, 2.45) is 0 Å². The van der Waals surface area contributed by atoms with Gasteiger partial charge in [-0.15, -0.1) is 12.6 Å². The maximum atomic E-state index is 10.4. The first kappa shape index (κ1) is 8.72. The third-order valence-electron chi connectivity index (χ3n) is 0.917. The Morgan fingerprint density at radius 1 is 1.78 bits per heavy atom. The van der Waals surface area contributed by atoms with Crippen LogP contribution < -0.4 is 0 Å². The molecule has 0 fully saturated rings. The smallest absolute Gasteiger partial charge is 0.211 e. The lowest BCUT2D eigenvalue weighted by Crippen LogP contribution is -1.88. The molecule has 0 amide bonds. The van der Waals surface area contributed by atoms with Gasteiger partial charge in [-0.05, 0) is 18.9 Å². The van der Waals surface area contributed by atoms with E-state index in [1.807, 2.05) is 0 Å². The largest absolute Gasteiger partial charge is 0.396 e. The van der Waals surface area contributed by atoms with E-state index < -0.39 is 0 Å². The van der Waals surface area contributed by atoms with Crippen LogP contribution in [0.1, 0.15) is 13.3 Å². The molecule has 52 valence electrons. The maximum absolute atomic E-state index is 10.4. The van der Waals surface area contributed by atoms with Crippen LogP contribution >= 0.6 is 12.6 Å². The summed E-state index contributed by atoms with van der Waals surface area (Å²) in [6, 6.07) is 0. The van der Waals surface area contributed by atoms with Crippen LogP contribution in [-0.2, 0) is 4.79 Å². The van der Waals surface area contributed by atoms with E-state index in [1.165, 1.54) is 0 Å². The Balaban J connectivity index is 3.69. The van der Waals surface area contributed by atoms with Gasteiger partial charge >= 0.3 is 0 Å². The van der Waals surface area contributed by atoms with Gasteiger partial charge in [0.1, 0.15) is 0 Å². The van der Waals surface area contributed by atoms with E-state index in [0.29, 0.717) is 12.0 Å². The summed E-state index contributed by atoms with van der Waals surface area (Å²) in [7, 11) is 0. The molecular weight excluding hydrogens is 136 g/mol. The van der Waals surface area contributed by atoms with E-state index in [-0.39, 0.29) is 11.7 Å². The third kappa shape index (κ3) is 4.24. The minimum Gasteiger partial charge on any atom is -0.396 e. The van der Waals surface area contributed by atoms with Crippen LogP contribution in [0.2, 0.25) is 0 Å². The van der Waals surface area contributed by atoms with E-state index in [2.05, 4.69) is 12.6 Å². The zero-order valence-electron chi connectivity index (χ0n) is 5.29. The summed E-state index contributed by atoms with van der Waals surface area (Å²) in [5.74, 6) is 0. The van der Waals surface area contributed by atoms with Crippen LogP contribution in [0.25, 0.3) is 0 Å². The quantitative estimate of drug-likeness (QED) is 0.456. The number of carbonyl (C=O) groups excluding carboxylic acids is 1. The van der Waals surface area contributed by atoms with Crippen molar-refractivity contribution in [3.05, 3.63) is 11.6 Å². The first-order chi connectivity index (χ1) is 4.18. The number of hydrogen-bond acceptors (Lipinski definition) is 2. The Labute approximate surface area is 60.0 Å². The Morgan fingerprint density at radius 2 is 2.33 bits per heavy atom. The Kier molecular flexibility index (Phi) is 4.44. The summed E-state index contributed by atoms with van der Waals surface area (Å²) in [6.07, 6.45) is 2.19. The molecule has 0 aromatic heterocycles. The molecule has 0 radical (unpaired) electrons. The molecule has 0 saturated heterocycles. The van der Waals surface area contributed by atoms with E-state index >= 15 is 0 Å². The van der Waals surface area contributed by atoms with Crippen LogP contribution in [-0.4, -0.2) is 16.8 Å². The lowest BCUT2D eigenvalue weighted by atomic mass is 10.3. The normalized spacial score (nSPS) is 11.7. The number of thiol groups is 1. The molecule has 9 heavy (non-hydrogen) atoms. The van der Waals surface area contributed by atoms with Crippen molar-refractivity contribution < 1.29 is 9.90 Å². The topological polar surface area (TPSA) is 37.3 Å². The summed E-state index contributed by atoms with van der Waals surface area (Å²) in [4.78, 5) is 10.4. The highest BCUT2D eigenvalue weighted by atomic mass is 32.1. The van der Waals surface area contributed by atoms with Crippen molar-refractivity contribution in [3.8, 4) is 0 Å². The molecule has 0 aromatic rings. The predicted octanol–water partition coefficient (Wildman–Crippen LogP) is 0.771. The van der Waals surface area contributed by atoms with Gasteiger partial charge in [-0.1, -0.05) is 6.08 Å². The van der Waals surface area contributed by atoms with E-state index in [0.717, 1.165) is 0 Å². The minimum atomic E-state index is -0.233. The summed E-state index contributed by atoms with van der Waals surface area (Å²) in [5.41, 5.74) is 0.590. The summed E-state index contributed by atoms with van der Waals surface area (Å²) in [5, 5.41) is 8.08. The molecule has 0 spiro atoms. The van der Waals surface area contributed by atoms with Crippen LogP contribution in [0.15, 0.2) is 11.6 Å². The van der Waals surface area contributed by atoms with Crippen LogP contribution in [0.3, 0.4) is 0 Å². The molecule has 0 aliphatic rings. The second-order valence-electron chi connectivity index (χ2n) is 1.70. The van der Waals surface area contributed by atoms with Crippen molar-refractivity contribution in [2.75, 3.05) is 6.61 Å². The average molecular weight is 146 g/mol. The van der Waals surface area contributed by atoms with Gasteiger partial charge in [-0.2, -0.15) is 0 Å². The number of hydrogen-bond donors (Lipinski definition) is 2. The molecule has 0 rings (SSSR count). The molecule has 0 heterocycles. The molecule has 2 nitrogen and oxygen atoms in total. The minimum absolute atomic E-state index is 0.0817. The van der Waals surface area contributed by atoms with Gasteiger partial charge in [0.15, 0.2) is 0 Å². The molecule has 1 N–H and O–H groups in total.